The summed E-state index contributed by atoms with van der Waals surface area (Å²) in [6.07, 6.45) is 0. The van der Waals surface area contributed by atoms with Crippen molar-refractivity contribution in [1.29, 1.82) is 0 Å². The van der Waals surface area contributed by atoms with Gasteiger partial charge < -0.3 is 19.5 Å². The van der Waals surface area contributed by atoms with Crippen LogP contribution in [0.3, 0.4) is 0 Å². The van der Waals surface area contributed by atoms with Crippen LogP contribution in [-0.2, 0) is 11.3 Å². The molecular formula is C16H14FNO4. The molecular weight excluding hydrogens is 289 g/mol. The van der Waals surface area contributed by atoms with Crippen LogP contribution in [0.15, 0.2) is 42.5 Å². The van der Waals surface area contributed by atoms with Crippen molar-refractivity contribution in [2.75, 3.05) is 13.4 Å². The topological polar surface area (TPSA) is 56.8 Å². The Morgan fingerprint density at radius 1 is 1.18 bits per heavy atom. The maximum atomic E-state index is 13.4. The summed E-state index contributed by atoms with van der Waals surface area (Å²) in [5.41, 5.74) is 0.430. The minimum Gasteiger partial charge on any atom is -0.484 e. The Labute approximate surface area is 126 Å². The van der Waals surface area contributed by atoms with Gasteiger partial charge >= 0.3 is 0 Å². The summed E-state index contributed by atoms with van der Waals surface area (Å²) in [6.45, 7) is 0.145. The number of ether oxygens (including phenoxy) is 3. The largest absolute Gasteiger partial charge is 0.484 e. The average Bonchev–Trinajstić information content (AvgIpc) is 2.99. The number of amides is 1. The number of carbonyl (C=O) groups is 1. The third-order valence-electron chi connectivity index (χ3n) is 3.15. The van der Waals surface area contributed by atoms with Crippen LogP contribution in [0.1, 0.15) is 5.56 Å². The summed E-state index contributed by atoms with van der Waals surface area (Å²) in [6, 6.07) is 11.4. The van der Waals surface area contributed by atoms with Gasteiger partial charge in [0.15, 0.2) is 18.1 Å². The molecule has 5 nitrogen and oxygen atoms in total. The number of carbonyl (C=O) groups excluding carboxylic acids is 1. The zero-order valence-corrected chi connectivity index (χ0v) is 11.7. The molecule has 0 aromatic heterocycles. The van der Waals surface area contributed by atoms with E-state index in [-0.39, 0.29) is 31.7 Å². The quantitative estimate of drug-likeness (QED) is 0.920. The molecule has 1 aliphatic rings. The lowest BCUT2D eigenvalue weighted by atomic mass is 10.2. The molecule has 0 spiro atoms. The Balaban J connectivity index is 1.49. The molecule has 0 radical (unpaired) electrons. The summed E-state index contributed by atoms with van der Waals surface area (Å²) in [4.78, 5) is 11.7. The highest BCUT2D eigenvalue weighted by atomic mass is 19.1. The molecule has 0 saturated heterocycles. The van der Waals surface area contributed by atoms with Crippen molar-refractivity contribution in [3.05, 3.63) is 53.8 Å². The van der Waals surface area contributed by atoms with Crippen LogP contribution in [0.25, 0.3) is 0 Å². The zero-order valence-electron chi connectivity index (χ0n) is 11.7. The number of rotatable bonds is 5. The zero-order chi connectivity index (χ0) is 15.4. The maximum absolute atomic E-state index is 13.4. The molecule has 1 heterocycles. The van der Waals surface area contributed by atoms with Crippen LogP contribution in [0.4, 0.5) is 4.39 Å². The van der Waals surface area contributed by atoms with E-state index in [4.69, 9.17) is 14.2 Å². The van der Waals surface area contributed by atoms with Crippen LogP contribution in [0, 0.1) is 5.82 Å². The summed E-state index contributed by atoms with van der Waals surface area (Å²) in [7, 11) is 0. The van der Waals surface area contributed by atoms with Gasteiger partial charge in [-0.1, -0.05) is 18.2 Å². The van der Waals surface area contributed by atoms with E-state index < -0.39 is 0 Å². The van der Waals surface area contributed by atoms with Crippen molar-refractivity contribution < 1.29 is 23.4 Å². The normalized spacial score (nSPS) is 12.0. The number of halogens is 1. The second-order valence-corrected chi connectivity index (χ2v) is 4.67. The van der Waals surface area contributed by atoms with Crippen LogP contribution >= 0.6 is 0 Å². The molecule has 0 atom stereocenters. The molecule has 1 aliphatic heterocycles. The van der Waals surface area contributed by atoms with Gasteiger partial charge in [-0.05, 0) is 18.2 Å². The molecule has 0 saturated carbocycles. The first-order chi connectivity index (χ1) is 10.7. The van der Waals surface area contributed by atoms with E-state index in [1.807, 2.05) is 0 Å². The van der Waals surface area contributed by atoms with E-state index in [9.17, 15) is 9.18 Å². The first-order valence-electron chi connectivity index (χ1n) is 6.75. The number of hydrogen-bond acceptors (Lipinski definition) is 4. The molecule has 0 aliphatic carbocycles. The second-order valence-electron chi connectivity index (χ2n) is 4.67. The molecule has 0 fully saturated rings. The van der Waals surface area contributed by atoms with Crippen LogP contribution in [0.5, 0.6) is 17.2 Å². The minimum atomic E-state index is -0.348. The van der Waals surface area contributed by atoms with Gasteiger partial charge in [0.1, 0.15) is 11.6 Å². The first-order valence-corrected chi connectivity index (χ1v) is 6.75. The predicted octanol–water partition coefficient (Wildman–Crippen LogP) is 2.25. The van der Waals surface area contributed by atoms with Crippen molar-refractivity contribution >= 4 is 5.91 Å². The lowest BCUT2D eigenvalue weighted by Gasteiger charge is -2.08. The van der Waals surface area contributed by atoms with E-state index in [0.29, 0.717) is 22.8 Å². The Hall–Kier alpha value is -2.76. The second kappa shape index (κ2) is 6.34. The fraction of sp³-hybridized carbons (Fsp3) is 0.188. The average molecular weight is 303 g/mol. The summed E-state index contributed by atoms with van der Waals surface area (Å²) in [5, 5.41) is 2.60. The molecule has 6 heteroatoms. The van der Waals surface area contributed by atoms with Crippen molar-refractivity contribution in [2.45, 2.75) is 6.54 Å². The van der Waals surface area contributed by atoms with Crippen molar-refractivity contribution in [3.8, 4) is 17.2 Å². The van der Waals surface area contributed by atoms with E-state index in [0.717, 1.165) is 0 Å². The third-order valence-corrected chi connectivity index (χ3v) is 3.15. The molecule has 2 aromatic rings. The van der Waals surface area contributed by atoms with Gasteiger partial charge in [-0.15, -0.1) is 0 Å². The minimum absolute atomic E-state index is 0.121. The predicted molar refractivity (Wildman–Crippen MR) is 76.3 cm³/mol. The fourth-order valence-corrected chi connectivity index (χ4v) is 2.00. The number of nitrogens with one attached hydrogen (secondary N) is 1. The van der Waals surface area contributed by atoms with E-state index in [2.05, 4.69) is 5.32 Å². The molecule has 0 unspecified atom stereocenters. The van der Waals surface area contributed by atoms with E-state index in [1.165, 1.54) is 6.07 Å². The summed E-state index contributed by atoms with van der Waals surface area (Å²) < 4.78 is 29.2. The van der Waals surface area contributed by atoms with Gasteiger partial charge in [-0.25, -0.2) is 4.39 Å². The number of benzene rings is 2. The lowest BCUT2D eigenvalue weighted by molar-refractivity contribution is -0.123. The first kappa shape index (κ1) is 14.2. The van der Waals surface area contributed by atoms with Crippen LogP contribution < -0.4 is 19.5 Å². The van der Waals surface area contributed by atoms with E-state index >= 15 is 0 Å². The lowest BCUT2D eigenvalue weighted by Crippen LogP contribution is -2.28. The molecule has 1 amide bonds. The molecule has 1 N–H and O–H groups in total. The highest BCUT2D eigenvalue weighted by molar-refractivity contribution is 5.77. The Morgan fingerprint density at radius 3 is 2.86 bits per heavy atom. The fourth-order valence-electron chi connectivity index (χ4n) is 2.00. The van der Waals surface area contributed by atoms with Gasteiger partial charge in [-0.3, -0.25) is 4.79 Å². The molecule has 0 bridgehead atoms. The van der Waals surface area contributed by atoms with Gasteiger partial charge in [-0.2, -0.15) is 0 Å². The van der Waals surface area contributed by atoms with Gasteiger partial charge in [0.2, 0.25) is 6.79 Å². The van der Waals surface area contributed by atoms with Crippen molar-refractivity contribution in [1.82, 2.24) is 5.32 Å². The molecule has 22 heavy (non-hydrogen) atoms. The Bertz CT molecular complexity index is 690. The van der Waals surface area contributed by atoms with Crippen LogP contribution in [-0.4, -0.2) is 19.3 Å². The highest BCUT2D eigenvalue weighted by Crippen LogP contribution is 2.34. The van der Waals surface area contributed by atoms with Crippen molar-refractivity contribution in [3.63, 3.8) is 0 Å². The molecule has 2 aromatic carbocycles. The summed E-state index contributed by atoms with van der Waals surface area (Å²) >= 11 is 0. The third kappa shape index (κ3) is 3.28. The number of hydrogen-bond donors (Lipinski definition) is 1. The van der Waals surface area contributed by atoms with Gasteiger partial charge in [0.25, 0.3) is 5.91 Å². The van der Waals surface area contributed by atoms with Gasteiger partial charge in [0, 0.05) is 18.2 Å². The standard InChI is InChI=1S/C16H14FNO4/c17-13-4-2-1-3-11(13)8-18-16(19)9-20-12-5-6-14-15(7-12)22-10-21-14/h1-7H,8-10H2,(H,18,19). The van der Waals surface area contributed by atoms with Crippen LogP contribution in [0.2, 0.25) is 0 Å². The maximum Gasteiger partial charge on any atom is 0.258 e. The Morgan fingerprint density at radius 2 is 2.00 bits per heavy atom. The highest BCUT2D eigenvalue weighted by Gasteiger charge is 2.14. The van der Waals surface area contributed by atoms with E-state index in [1.54, 1.807) is 36.4 Å². The van der Waals surface area contributed by atoms with Crippen molar-refractivity contribution in [2.24, 2.45) is 0 Å². The molecule has 114 valence electrons. The number of fused-ring (bicyclic) bond motifs is 1. The summed E-state index contributed by atoms with van der Waals surface area (Å²) in [5.74, 6) is 1.06. The smallest absolute Gasteiger partial charge is 0.258 e. The van der Waals surface area contributed by atoms with Gasteiger partial charge in [0.05, 0.1) is 0 Å². The Kier molecular flexibility index (Phi) is 4.09. The monoisotopic (exact) mass is 303 g/mol. The molecule has 3 rings (SSSR count). The SMILES string of the molecule is O=C(COc1ccc2c(c1)OCO2)NCc1ccccc1F.